The highest BCUT2D eigenvalue weighted by molar-refractivity contribution is 5.56. The Hall–Kier alpha value is -0.630. The highest BCUT2D eigenvalue weighted by atomic mass is 14.8. The van der Waals surface area contributed by atoms with Crippen molar-refractivity contribution in [2.45, 2.75) is 52.9 Å². The molecule has 0 aliphatic rings. The molecule has 100 valence electrons. The van der Waals surface area contributed by atoms with Gasteiger partial charge in [0.2, 0.25) is 0 Å². The minimum Gasteiger partial charge on any atom is -0.317 e. The summed E-state index contributed by atoms with van der Waals surface area (Å²) in [5.41, 5.74) is 1.53. The molecule has 2 heteroatoms. The summed E-state index contributed by atoms with van der Waals surface area (Å²) in [5, 5.41) is 3.37. The van der Waals surface area contributed by atoms with E-state index in [9.17, 15) is 0 Å². The van der Waals surface area contributed by atoms with Gasteiger partial charge in [-0.1, -0.05) is 25.5 Å². The maximum Gasteiger partial charge on any atom is 0.0273 e. The normalized spacial score (nSPS) is 14.5. The topological polar surface area (TPSA) is 24.4 Å². The SMILES string of the molecule is CCNCCC(C)=CC(CC)CCCC=NC. The number of unbranched alkanes of at least 4 members (excludes halogenated alkanes) is 1. The van der Waals surface area contributed by atoms with E-state index in [1.54, 1.807) is 0 Å². The summed E-state index contributed by atoms with van der Waals surface area (Å²) in [6.07, 6.45) is 10.6. The lowest BCUT2D eigenvalue weighted by Crippen LogP contribution is -2.14. The van der Waals surface area contributed by atoms with Crippen molar-refractivity contribution in [2.75, 3.05) is 20.1 Å². The number of hydrogen-bond donors (Lipinski definition) is 1. The highest BCUT2D eigenvalue weighted by Crippen LogP contribution is 2.16. The van der Waals surface area contributed by atoms with E-state index >= 15 is 0 Å². The number of aliphatic imine (C=N–C) groups is 1. The molecule has 0 heterocycles. The summed E-state index contributed by atoms with van der Waals surface area (Å²) in [7, 11) is 1.85. The number of rotatable bonds is 10. The van der Waals surface area contributed by atoms with Crippen LogP contribution < -0.4 is 5.32 Å². The fourth-order valence-electron chi connectivity index (χ4n) is 1.95. The molecule has 1 atom stereocenters. The number of hydrogen-bond acceptors (Lipinski definition) is 2. The Morgan fingerprint density at radius 3 is 2.71 bits per heavy atom. The highest BCUT2D eigenvalue weighted by Gasteiger charge is 2.02. The Kier molecular flexibility index (Phi) is 11.4. The predicted molar refractivity (Wildman–Crippen MR) is 79.0 cm³/mol. The second-order valence-corrected chi connectivity index (χ2v) is 4.66. The van der Waals surface area contributed by atoms with Crippen LogP contribution in [-0.4, -0.2) is 26.4 Å². The lowest BCUT2D eigenvalue weighted by Gasteiger charge is -2.11. The standard InChI is InChI=1S/C15H30N2/c1-5-15(9-7-8-11-16-4)13-14(3)10-12-17-6-2/h11,13,15,17H,5-10,12H2,1-4H3. The van der Waals surface area contributed by atoms with Crippen LogP contribution in [0.1, 0.15) is 52.9 Å². The average molecular weight is 238 g/mol. The minimum absolute atomic E-state index is 0.752. The fourth-order valence-corrected chi connectivity index (χ4v) is 1.95. The first-order chi connectivity index (χ1) is 8.24. The third-order valence-electron chi connectivity index (χ3n) is 3.08. The van der Waals surface area contributed by atoms with Crippen LogP contribution in [0.5, 0.6) is 0 Å². The van der Waals surface area contributed by atoms with Gasteiger partial charge in [-0.3, -0.25) is 0 Å². The summed E-state index contributed by atoms with van der Waals surface area (Å²) in [6, 6.07) is 0. The van der Waals surface area contributed by atoms with Crippen LogP contribution in [0.25, 0.3) is 0 Å². The van der Waals surface area contributed by atoms with E-state index in [0.717, 1.165) is 25.4 Å². The van der Waals surface area contributed by atoms with Gasteiger partial charge in [-0.15, -0.1) is 0 Å². The van der Waals surface area contributed by atoms with E-state index in [-0.39, 0.29) is 0 Å². The number of nitrogens with one attached hydrogen (secondary N) is 1. The van der Waals surface area contributed by atoms with Crippen molar-refractivity contribution in [1.29, 1.82) is 0 Å². The molecule has 0 aliphatic carbocycles. The molecule has 0 spiro atoms. The third-order valence-corrected chi connectivity index (χ3v) is 3.08. The van der Waals surface area contributed by atoms with E-state index in [2.05, 4.69) is 37.2 Å². The minimum atomic E-state index is 0.752. The molecule has 0 aromatic carbocycles. The van der Waals surface area contributed by atoms with Gasteiger partial charge in [0.15, 0.2) is 0 Å². The monoisotopic (exact) mass is 238 g/mol. The molecule has 0 aliphatic heterocycles. The quantitative estimate of drug-likeness (QED) is 0.349. The first kappa shape index (κ1) is 16.4. The van der Waals surface area contributed by atoms with E-state index in [4.69, 9.17) is 0 Å². The Morgan fingerprint density at radius 2 is 2.12 bits per heavy atom. The molecule has 0 saturated carbocycles. The smallest absolute Gasteiger partial charge is 0.0273 e. The van der Waals surface area contributed by atoms with Crippen LogP contribution in [0.15, 0.2) is 16.6 Å². The second-order valence-electron chi connectivity index (χ2n) is 4.66. The van der Waals surface area contributed by atoms with Crippen molar-refractivity contribution in [2.24, 2.45) is 10.9 Å². The summed E-state index contributed by atoms with van der Waals surface area (Å²) >= 11 is 0. The Labute approximate surface area is 108 Å². The van der Waals surface area contributed by atoms with E-state index in [1.165, 1.54) is 31.3 Å². The Bertz CT molecular complexity index is 219. The van der Waals surface area contributed by atoms with Crippen molar-refractivity contribution >= 4 is 6.21 Å². The molecule has 0 radical (unpaired) electrons. The Balaban J connectivity index is 3.86. The molecule has 1 unspecified atom stereocenters. The van der Waals surface area contributed by atoms with Crippen molar-refractivity contribution in [3.8, 4) is 0 Å². The maximum atomic E-state index is 4.02. The average Bonchev–Trinajstić information content (AvgIpc) is 2.33. The molecule has 1 N–H and O–H groups in total. The van der Waals surface area contributed by atoms with Gasteiger partial charge in [0.25, 0.3) is 0 Å². The van der Waals surface area contributed by atoms with Crippen molar-refractivity contribution < 1.29 is 0 Å². The number of nitrogens with zero attached hydrogens (tertiary/aromatic N) is 1. The summed E-state index contributed by atoms with van der Waals surface area (Å²) in [6.45, 7) is 8.88. The molecule has 0 fully saturated rings. The second kappa shape index (κ2) is 11.8. The van der Waals surface area contributed by atoms with Crippen molar-refractivity contribution in [3.05, 3.63) is 11.6 Å². The van der Waals surface area contributed by atoms with Gasteiger partial charge in [-0.05, 0) is 64.2 Å². The van der Waals surface area contributed by atoms with E-state index < -0.39 is 0 Å². The van der Waals surface area contributed by atoms with Gasteiger partial charge in [0.05, 0.1) is 0 Å². The van der Waals surface area contributed by atoms with Crippen LogP contribution in [0.2, 0.25) is 0 Å². The van der Waals surface area contributed by atoms with Gasteiger partial charge in [0, 0.05) is 7.05 Å². The van der Waals surface area contributed by atoms with Crippen LogP contribution in [0.4, 0.5) is 0 Å². The molecule has 0 rings (SSSR count). The lowest BCUT2D eigenvalue weighted by atomic mass is 9.96. The van der Waals surface area contributed by atoms with E-state index in [1.807, 2.05) is 13.3 Å². The first-order valence-electron chi connectivity index (χ1n) is 7.03. The molecule has 0 aromatic rings. The van der Waals surface area contributed by atoms with Crippen LogP contribution in [-0.2, 0) is 0 Å². The summed E-state index contributed by atoms with van der Waals surface area (Å²) < 4.78 is 0. The molecule has 0 amide bonds. The van der Waals surface area contributed by atoms with Crippen LogP contribution in [0, 0.1) is 5.92 Å². The zero-order valence-electron chi connectivity index (χ0n) is 12.1. The van der Waals surface area contributed by atoms with Crippen molar-refractivity contribution in [1.82, 2.24) is 5.32 Å². The molecule has 0 saturated heterocycles. The van der Waals surface area contributed by atoms with Crippen molar-refractivity contribution in [3.63, 3.8) is 0 Å². The van der Waals surface area contributed by atoms with Gasteiger partial charge in [0.1, 0.15) is 0 Å². The van der Waals surface area contributed by atoms with E-state index in [0.29, 0.717) is 0 Å². The van der Waals surface area contributed by atoms with Gasteiger partial charge >= 0.3 is 0 Å². The van der Waals surface area contributed by atoms with Gasteiger partial charge < -0.3 is 10.3 Å². The summed E-state index contributed by atoms with van der Waals surface area (Å²) in [4.78, 5) is 4.02. The molecule has 0 aromatic heterocycles. The van der Waals surface area contributed by atoms with Crippen LogP contribution in [0.3, 0.4) is 0 Å². The molecule has 17 heavy (non-hydrogen) atoms. The predicted octanol–water partition coefficient (Wildman–Crippen LogP) is 3.83. The number of allylic oxidation sites excluding steroid dienone is 1. The van der Waals surface area contributed by atoms with Gasteiger partial charge in [-0.2, -0.15) is 0 Å². The lowest BCUT2D eigenvalue weighted by molar-refractivity contribution is 0.549. The molecular weight excluding hydrogens is 208 g/mol. The zero-order chi connectivity index (χ0) is 12.9. The zero-order valence-corrected chi connectivity index (χ0v) is 12.1. The molecule has 0 bridgehead atoms. The summed E-state index contributed by atoms with van der Waals surface area (Å²) in [5.74, 6) is 0.752. The van der Waals surface area contributed by atoms with Gasteiger partial charge in [-0.25, -0.2) is 0 Å². The molecular formula is C15H30N2. The Morgan fingerprint density at radius 1 is 1.35 bits per heavy atom. The molecule has 2 nitrogen and oxygen atoms in total. The first-order valence-corrected chi connectivity index (χ1v) is 7.03. The maximum absolute atomic E-state index is 4.02. The largest absolute Gasteiger partial charge is 0.317 e. The van der Waals surface area contributed by atoms with Crippen LogP contribution >= 0.6 is 0 Å². The fraction of sp³-hybridized carbons (Fsp3) is 0.800. The third kappa shape index (κ3) is 10.3.